The van der Waals surface area contributed by atoms with E-state index in [-0.39, 0.29) is 0 Å². The minimum absolute atomic E-state index is 0.326. The molecule has 4 amide bonds. The predicted octanol–water partition coefficient (Wildman–Crippen LogP) is 5.90. The van der Waals surface area contributed by atoms with Gasteiger partial charge < -0.3 is 14.2 Å². The number of amides is 4. The zero-order valence-corrected chi connectivity index (χ0v) is 23.7. The van der Waals surface area contributed by atoms with Crippen molar-refractivity contribution in [3.8, 4) is 0 Å². The molecule has 9 heteroatoms. The highest BCUT2D eigenvalue weighted by Crippen LogP contribution is 2.33. The van der Waals surface area contributed by atoms with Gasteiger partial charge in [0, 0.05) is 12.5 Å². The van der Waals surface area contributed by atoms with Gasteiger partial charge in [0.15, 0.2) is 0 Å². The van der Waals surface area contributed by atoms with E-state index in [0.717, 1.165) is 4.90 Å². The molecule has 1 atom stereocenters. The van der Waals surface area contributed by atoms with E-state index >= 15 is 0 Å². The van der Waals surface area contributed by atoms with E-state index in [1.54, 1.807) is 100 Å². The summed E-state index contributed by atoms with van der Waals surface area (Å²) in [6.45, 7) is 18.3. The molecular formula is C27H42N2O7. The van der Waals surface area contributed by atoms with Gasteiger partial charge in [-0.05, 0) is 67.9 Å². The van der Waals surface area contributed by atoms with Gasteiger partial charge in [-0.3, -0.25) is 9.69 Å². The van der Waals surface area contributed by atoms with E-state index < -0.39 is 52.4 Å². The molecule has 0 spiro atoms. The van der Waals surface area contributed by atoms with Crippen LogP contribution >= 0.6 is 0 Å². The van der Waals surface area contributed by atoms with E-state index in [1.807, 2.05) is 6.07 Å². The molecule has 202 valence electrons. The molecule has 0 aliphatic heterocycles. The third kappa shape index (κ3) is 8.84. The molecule has 0 bridgehead atoms. The van der Waals surface area contributed by atoms with Crippen molar-refractivity contribution in [3.63, 3.8) is 0 Å². The third-order valence-electron chi connectivity index (χ3n) is 4.88. The van der Waals surface area contributed by atoms with Gasteiger partial charge in [-0.15, -0.1) is 4.90 Å². The number of hydrogen-bond donors (Lipinski definition) is 0. The molecule has 0 saturated carbocycles. The Kier molecular flexibility index (Phi) is 9.35. The maximum Gasteiger partial charge on any atom is 0.426 e. The van der Waals surface area contributed by atoms with Gasteiger partial charge in [0.05, 0.1) is 0 Å². The van der Waals surface area contributed by atoms with E-state index in [2.05, 4.69) is 0 Å². The third-order valence-corrected chi connectivity index (χ3v) is 4.88. The van der Waals surface area contributed by atoms with Crippen LogP contribution in [0.4, 0.5) is 14.4 Å². The first-order valence-corrected chi connectivity index (χ1v) is 11.9. The van der Waals surface area contributed by atoms with Crippen LogP contribution in [-0.2, 0) is 24.4 Å². The lowest BCUT2D eigenvalue weighted by molar-refractivity contribution is -0.137. The summed E-state index contributed by atoms with van der Waals surface area (Å²) in [5, 5.41) is 0. The van der Waals surface area contributed by atoms with Gasteiger partial charge >= 0.3 is 18.3 Å². The Morgan fingerprint density at radius 1 is 0.639 bits per heavy atom. The van der Waals surface area contributed by atoms with E-state index in [1.165, 1.54) is 7.05 Å². The molecule has 36 heavy (non-hydrogen) atoms. The maximum atomic E-state index is 14.1. The Balaban J connectivity index is 3.70. The number of rotatable bonds is 4. The number of carbonyl (C=O) groups is 4. The molecule has 0 saturated heterocycles. The number of carbonyl (C=O) groups excluding carboxylic acids is 4. The second-order valence-electron chi connectivity index (χ2n) is 12.2. The molecule has 9 nitrogen and oxygen atoms in total. The van der Waals surface area contributed by atoms with Crippen molar-refractivity contribution in [1.29, 1.82) is 0 Å². The summed E-state index contributed by atoms with van der Waals surface area (Å²) < 4.78 is 16.3. The van der Waals surface area contributed by atoms with Crippen molar-refractivity contribution >= 4 is 24.2 Å². The van der Waals surface area contributed by atoms with Crippen molar-refractivity contribution in [2.45, 2.75) is 104 Å². The fraction of sp³-hybridized carbons (Fsp3) is 0.630. The number of imide groups is 3. The van der Waals surface area contributed by atoms with Crippen LogP contribution < -0.4 is 0 Å². The molecule has 1 rings (SSSR count). The minimum Gasteiger partial charge on any atom is -0.444 e. The fourth-order valence-corrected chi connectivity index (χ4v) is 3.42. The van der Waals surface area contributed by atoms with E-state index in [0.29, 0.717) is 10.5 Å². The quantitative estimate of drug-likeness (QED) is 0.469. The number of hydrogen-bond acceptors (Lipinski definition) is 7. The first kappa shape index (κ1) is 30.9. The van der Waals surface area contributed by atoms with Crippen LogP contribution in [0.15, 0.2) is 30.3 Å². The summed E-state index contributed by atoms with van der Waals surface area (Å²) >= 11 is 0. The zero-order chi connectivity index (χ0) is 28.3. The average molecular weight is 507 g/mol. The topological polar surface area (TPSA) is 102 Å². The Labute approximate surface area is 215 Å². The van der Waals surface area contributed by atoms with Crippen molar-refractivity contribution in [1.82, 2.24) is 9.80 Å². The summed E-state index contributed by atoms with van der Waals surface area (Å²) in [5.74, 6) is -0.985. The van der Waals surface area contributed by atoms with Crippen molar-refractivity contribution in [3.05, 3.63) is 35.9 Å². The highest BCUT2D eigenvalue weighted by molar-refractivity contribution is 6.09. The molecule has 1 aromatic carbocycles. The highest BCUT2D eigenvalue weighted by Gasteiger charge is 2.49. The molecule has 1 aromatic rings. The zero-order valence-electron chi connectivity index (χ0n) is 23.7. The number of benzene rings is 1. The molecule has 0 N–H and O–H groups in total. The minimum atomic E-state index is -1.34. The lowest BCUT2D eigenvalue weighted by atomic mass is 9.76. The molecule has 0 aromatic heterocycles. The summed E-state index contributed by atoms with van der Waals surface area (Å²) in [6, 6.07) is 7.68. The van der Waals surface area contributed by atoms with Crippen LogP contribution in [0.25, 0.3) is 0 Å². The van der Waals surface area contributed by atoms with Gasteiger partial charge in [-0.1, -0.05) is 44.2 Å². The standard InChI is InChI=1S/C27H42N2O7/c1-24(2,3)34-21(31)28(12)19(27(10,11)18-16-14-13-15-17-18)20(30)29(22(32)35-25(4,5)6)23(33)36-26(7,8)9/h13-17,19H,1-12H3. The van der Waals surface area contributed by atoms with E-state index in [4.69, 9.17) is 14.2 Å². The largest absolute Gasteiger partial charge is 0.444 e. The van der Waals surface area contributed by atoms with Crippen molar-refractivity contribution in [2.75, 3.05) is 7.05 Å². The lowest BCUT2D eigenvalue weighted by Crippen LogP contribution is -2.61. The molecule has 0 fully saturated rings. The second kappa shape index (κ2) is 10.9. The predicted molar refractivity (Wildman–Crippen MR) is 137 cm³/mol. The summed E-state index contributed by atoms with van der Waals surface area (Å²) in [6.07, 6.45) is -3.19. The Morgan fingerprint density at radius 3 is 1.36 bits per heavy atom. The Bertz CT molecular complexity index is 923. The van der Waals surface area contributed by atoms with Gasteiger partial charge in [0.25, 0.3) is 5.91 Å². The second-order valence-corrected chi connectivity index (χ2v) is 12.2. The highest BCUT2D eigenvalue weighted by atomic mass is 16.6. The molecule has 0 radical (unpaired) electrons. The lowest BCUT2D eigenvalue weighted by Gasteiger charge is -2.41. The average Bonchev–Trinajstić information content (AvgIpc) is 2.64. The van der Waals surface area contributed by atoms with Crippen molar-refractivity contribution < 1.29 is 33.4 Å². The molecule has 0 aliphatic carbocycles. The normalized spacial score (nSPS) is 13.3. The van der Waals surface area contributed by atoms with Gasteiger partial charge in [-0.2, -0.15) is 0 Å². The first-order chi connectivity index (χ1) is 16.1. The van der Waals surface area contributed by atoms with Crippen LogP contribution in [-0.4, -0.2) is 63.9 Å². The van der Waals surface area contributed by atoms with Gasteiger partial charge in [0.1, 0.15) is 22.8 Å². The number of ether oxygens (including phenoxy) is 3. The Morgan fingerprint density at radius 2 is 1.00 bits per heavy atom. The van der Waals surface area contributed by atoms with Crippen molar-refractivity contribution in [2.24, 2.45) is 0 Å². The van der Waals surface area contributed by atoms with Gasteiger partial charge in [-0.25, -0.2) is 14.4 Å². The van der Waals surface area contributed by atoms with Crippen LogP contribution in [0.3, 0.4) is 0 Å². The first-order valence-electron chi connectivity index (χ1n) is 11.9. The smallest absolute Gasteiger partial charge is 0.426 e. The summed E-state index contributed by atoms with van der Waals surface area (Å²) in [4.78, 5) is 55.0. The number of likely N-dealkylation sites (N-methyl/N-ethyl adjacent to an activating group) is 1. The summed E-state index contributed by atoms with van der Waals surface area (Å²) in [7, 11) is 1.39. The van der Waals surface area contributed by atoms with Crippen LogP contribution in [0, 0.1) is 0 Å². The SMILES string of the molecule is CN(C(=O)OC(C)(C)C)C(C(=O)N(C(=O)OC(C)(C)C)C(=O)OC(C)(C)C)C(C)(C)c1ccccc1. The van der Waals surface area contributed by atoms with Crippen LogP contribution in [0.1, 0.15) is 81.7 Å². The fourth-order valence-electron chi connectivity index (χ4n) is 3.42. The molecule has 0 heterocycles. The molecule has 0 aliphatic rings. The molecular weight excluding hydrogens is 464 g/mol. The number of nitrogens with zero attached hydrogens (tertiary/aromatic N) is 2. The van der Waals surface area contributed by atoms with Crippen LogP contribution in [0.2, 0.25) is 0 Å². The monoisotopic (exact) mass is 506 g/mol. The maximum absolute atomic E-state index is 14.1. The molecule has 1 unspecified atom stereocenters. The van der Waals surface area contributed by atoms with Crippen LogP contribution in [0.5, 0.6) is 0 Å². The Hall–Kier alpha value is -3.10. The summed E-state index contributed by atoms with van der Waals surface area (Å²) in [5.41, 5.74) is -3.21. The van der Waals surface area contributed by atoms with E-state index in [9.17, 15) is 19.2 Å². The van der Waals surface area contributed by atoms with Gasteiger partial charge in [0.2, 0.25) is 0 Å².